The van der Waals surface area contributed by atoms with Crippen molar-refractivity contribution in [1.29, 1.82) is 0 Å². The molecule has 0 amide bonds. The van der Waals surface area contributed by atoms with Crippen molar-refractivity contribution in [3.63, 3.8) is 0 Å². The Balaban J connectivity index is 2.83. The van der Waals surface area contributed by atoms with Crippen molar-refractivity contribution < 1.29 is 9.47 Å². The SMILES string of the molecule is COC1O[C]([Ge]([CH3])([CH3])[CH3])=CC=C1Cl. The first kappa shape index (κ1) is 11.1. The van der Waals surface area contributed by atoms with Crippen LogP contribution in [0.1, 0.15) is 0 Å². The van der Waals surface area contributed by atoms with E-state index in [1.807, 2.05) is 12.2 Å². The van der Waals surface area contributed by atoms with E-state index in [1.54, 1.807) is 7.11 Å². The topological polar surface area (TPSA) is 18.5 Å². The fourth-order valence-corrected chi connectivity index (χ4v) is 3.42. The zero-order chi connectivity index (χ0) is 10.1. The Morgan fingerprint density at radius 1 is 1.38 bits per heavy atom. The summed E-state index contributed by atoms with van der Waals surface area (Å²) in [6.07, 6.45) is 3.44. The number of rotatable bonds is 2. The standard InChI is InChI=1S/C9H15ClGeO2/c1-11(2,3)8-6-5-7(10)9(12-4)13-8/h5-6,9H,1-4H3. The van der Waals surface area contributed by atoms with Crippen molar-refractivity contribution in [1.82, 2.24) is 0 Å². The van der Waals surface area contributed by atoms with E-state index < -0.39 is 19.6 Å². The average Bonchev–Trinajstić information content (AvgIpc) is 2.03. The van der Waals surface area contributed by atoms with Crippen LogP contribution in [0.2, 0.25) is 17.3 Å². The molecule has 0 N–H and O–H groups in total. The molecule has 4 heteroatoms. The molecule has 0 fully saturated rings. The summed E-state index contributed by atoms with van der Waals surface area (Å²) in [6.45, 7) is 0. The van der Waals surface area contributed by atoms with E-state index >= 15 is 0 Å². The molecule has 0 radical (unpaired) electrons. The Hall–Kier alpha value is 0.0729. The molecule has 1 heterocycles. The number of halogens is 1. The molecule has 0 aliphatic carbocycles. The van der Waals surface area contributed by atoms with Gasteiger partial charge in [-0.15, -0.1) is 0 Å². The number of hydrogen-bond donors (Lipinski definition) is 0. The molecule has 0 aromatic heterocycles. The second-order valence-corrected chi connectivity index (χ2v) is 14.9. The van der Waals surface area contributed by atoms with Crippen LogP contribution in [0.4, 0.5) is 0 Å². The summed E-state index contributed by atoms with van der Waals surface area (Å²) in [6, 6.07) is 0. The number of hydrogen-bond acceptors (Lipinski definition) is 2. The quantitative estimate of drug-likeness (QED) is 0.713. The summed E-state index contributed by atoms with van der Waals surface area (Å²) >= 11 is 4.01. The fourth-order valence-electron chi connectivity index (χ4n) is 1.03. The van der Waals surface area contributed by atoms with Crippen molar-refractivity contribution in [2.75, 3.05) is 7.11 Å². The molecule has 1 unspecified atom stereocenters. The molecule has 0 saturated heterocycles. The minimum absolute atomic E-state index is 0.397. The Kier molecular flexibility index (Phi) is 3.49. The molecule has 1 rings (SSSR count). The summed E-state index contributed by atoms with van der Waals surface area (Å²) in [5.41, 5.74) is 0. The summed E-state index contributed by atoms with van der Waals surface area (Å²) in [5, 5.41) is 0.609. The monoisotopic (exact) mass is 264 g/mol. The molecule has 0 bridgehead atoms. The maximum absolute atomic E-state index is 5.89. The van der Waals surface area contributed by atoms with Crippen LogP contribution < -0.4 is 0 Å². The molecule has 13 heavy (non-hydrogen) atoms. The molecule has 0 spiro atoms. The second kappa shape index (κ2) is 4.07. The van der Waals surface area contributed by atoms with Crippen LogP contribution >= 0.6 is 11.6 Å². The van der Waals surface area contributed by atoms with E-state index in [4.69, 9.17) is 21.1 Å². The third-order valence-electron chi connectivity index (χ3n) is 1.81. The summed E-state index contributed by atoms with van der Waals surface area (Å²) < 4.78 is 11.8. The third-order valence-corrected chi connectivity index (χ3v) is 5.81. The average molecular weight is 263 g/mol. The summed E-state index contributed by atoms with van der Waals surface area (Å²) in [7, 11) is 1.60. The van der Waals surface area contributed by atoms with Gasteiger partial charge in [0, 0.05) is 0 Å². The molecule has 0 saturated carbocycles. The van der Waals surface area contributed by atoms with Crippen LogP contribution in [0.3, 0.4) is 0 Å². The van der Waals surface area contributed by atoms with Gasteiger partial charge in [0.25, 0.3) is 0 Å². The van der Waals surface area contributed by atoms with Gasteiger partial charge in [-0.3, -0.25) is 0 Å². The number of allylic oxidation sites excluding steroid dienone is 2. The van der Waals surface area contributed by atoms with E-state index in [1.165, 1.54) is 0 Å². The van der Waals surface area contributed by atoms with Crippen LogP contribution in [0.15, 0.2) is 21.8 Å². The van der Waals surface area contributed by atoms with Crippen LogP contribution in [0, 0.1) is 0 Å². The van der Waals surface area contributed by atoms with Gasteiger partial charge in [0.15, 0.2) is 0 Å². The first-order valence-electron chi connectivity index (χ1n) is 4.22. The van der Waals surface area contributed by atoms with Crippen LogP contribution in [-0.2, 0) is 9.47 Å². The maximum atomic E-state index is 5.89. The van der Waals surface area contributed by atoms with Gasteiger partial charge in [0.2, 0.25) is 0 Å². The molecule has 1 aliphatic rings. The molecular weight excluding hydrogens is 248 g/mol. The van der Waals surface area contributed by atoms with Gasteiger partial charge in [0.05, 0.1) is 0 Å². The van der Waals surface area contributed by atoms with Gasteiger partial charge < -0.3 is 0 Å². The molecule has 1 atom stereocenters. The van der Waals surface area contributed by atoms with E-state index in [2.05, 4.69) is 17.3 Å². The Morgan fingerprint density at radius 3 is 2.46 bits per heavy atom. The van der Waals surface area contributed by atoms with Gasteiger partial charge in [-0.05, 0) is 0 Å². The van der Waals surface area contributed by atoms with Gasteiger partial charge in [0.1, 0.15) is 0 Å². The molecule has 0 aromatic rings. The molecule has 0 aromatic carbocycles. The van der Waals surface area contributed by atoms with Crippen molar-refractivity contribution in [3.8, 4) is 0 Å². The van der Waals surface area contributed by atoms with Gasteiger partial charge in [-0.2, -0.15) is 0 Å². The number of methoxy groups -OCH3 is 1. The van der Waals surface area contributed by atoms with Gasteiger partial charge in [-0.1, -0.05) is 0 Å². The van der Waals surface area contributed by atoms with Gasteiger partial charge >= 0.3 is 86.8 Å². The van der Waals surface area contributed by atoms with Gasteiger partial charge in [-0.25, -0.2) is 0 Å². The van der Waals surface area contributed by atoms with E-state index in [-0.39, 0.29) is 0 Å². The summed E-state index contributed by atoms with van der Waals surface area (Å²) in [4.78, 5) is 0. The first-order valence-corrected chi connectivity index (χ1v) is 11.9. The van der Waals surface area contributed by atoms with Crippen molar-refractivity contribution >= 4 is 24.9 Å². The predicted molar refractivity (Wildman–Crippen MR) is 57.2 cm³/mol. The third kappa shape index (κ3) is 2.76. The molecule has 1 aliphatic heterocycles. The zero-order valence-corrected chi connectivity index (χ0v) is 11.3. The fraction of sp³-hybridized carbons (Fsp3) is 0.556. The number of ether oxygens (including phenoxy) is 2. The van der Waals surface area contributed by atoms with E-state index in [9.17, 15) is 0 Å². The van der Waals surface area contributed by atoms with E-state index in [0.717, 1.165) is 4.59 Å². The van der Waals surface area contributed by atoms with Crippen LogP contribution in [0.25, 0.3) is 0 Å². The van der Waals surface area contributed by atoms with Crippen LogP contribution in [-0.4, -0.2) is 26.7 Å². The molecule has 2 nitrogen and oxygen atoms in total. The molecule has 74 valence electrons. The van der Waals surface area contributed by atoms with Crippen molar-refractivity contribution in [2.45, 2.75) is 23.6 Å². The van der Waals surface area contributed by atoms with Crippen molar-refractivity contribution in [2.24, 2.45) is 0 Å². The Bertz CT molecular complexity index is 253. The van der Waals surface area contributed by atoms with E-state index in [0.29, 0.717) is 5.03 Å². The van der Waals surface area contributed by atoms with Crippen LogP contribution in [0.5, 0.6) is 0 Å². The normalized spacial score (nSPS) is 23.3. The Labute approximate surface area is 86.9 Å². The summed E-state index contributed by atoms with van der Waals surface area (Å²) in [5.74, 6) is 6.81. The predicted octanol–water partition coefficient (Wildman–Crippen LogP) is 2.87. The van der Waals surface area contributed by atoms with Crippen molar-refractivity contribution in [3.05, 3.63) is 21.8 Å². The first-order chi connectivity index (χ1) is 5.95. The second-order valence-electron chi connectivity index (χ2n) is 4.02. The Morgan fingerprint density at radius 2 is 2.00 bits per heavy atom. The minimum atomic E-state index is -1.87. The molecular formula is C9H15ClGeO2. The zero-order valence-electron chi connectivity index (χ0n) is 8.43.